The van der Waals surface area contributed by atoms with Gasteiger partial charge in [-0.2, -0.15) is 0 Å². The van der Waals surface area contributed by atoms with E-state index in [1.54, 1.807) is 0 Å². The van der Waals surface area contributed by atoms with Gasteiger partial charge in [0, 0.05) is 12.8 Å². The highest BCUT2D eigenvalue weighted by molar-refractivity contribution is 5.79. The number of Topliss-reactive ketones (excluding diaryl/α,β-unsaturated/α-hetero) is 1. The Labute approximate surface area is 103 Å². The molecule has 1 aromatic rings. The Kier molecular flexibility index (Phi) is 3.63. The van der Waals surface area contributed by atoms with Crippen LogP contribution in [0.3, 0.4) is 0 Å². The van der Waals surface area contributed by atoms with E-state index in [2.05, 4.69) is 19.1 Å². The normalized spacial score (nSPS) is 19.3. The standard InChI is InChI=1S/C15H20O2/c1-2-4-12-5-3-6-13(11-12)15(17)9-7-14(16)8-10-15/h3,5-6,11,17H,2,4,7-10H2,1H3. The van der Waals surface area contributed by atoms with E-state index >= 15 is 0 Å². The zero-order valence-corrected chi connectivity index (χ0v) is 10.4. The lowest BCUT2D eigenvalue weighted by Gasteiger charge is -2.32. The van der Waals surface area contributed by atoms with Gasteiger partial charge in [0.1, 0.15) is 5.78 Å². The van der Waals surface area contributed by atoms with E-state index in [0.29, 0.717) is 25.7 Å². The Morgan fingerprint density at radius 3 is 2.65 bits per heavy atom. The minimum absolute atomic E-state index is 0.277. The summed E-state index contributed by atoms with van der Waals surface area (Å²) in [6.45, 7) is 2.15. The Morgan fingerprint density at radius 2 is 2.00 bits per heavy atom. The largest absolute Gasteiger partial charge is 0.385 e. The minimum Gasteiger partial charge on any atom is -0.385 e. The van der Waals surface area contributed by atoms with Gasteiger partial charge >= 0.3 is 0 Å². The van der Waals surface area contributed by atoms with Crippen LogP contribution in [0.15, 0.2) is 24.3 Å². The molecule has 17 heavy (non-hydrogen) atoms. The van der Waals surface area contributed by atoms with Crippen molar-refractivity contribution in [2.75, 3.05) is 0 Å². The van der Waals surface area contributed by atoms with Gasteiger partial charge in [0.2, 0.25) is 0 Å². The zero-order chi connectivity index (χ0) is 12.3. The number of hydrogen-bond donors (Lipinski definition) is 1. The van der Waals surface area contributed by atoms with Crippen molar-refractivity contribution in [1.82, 2.24) is 0 Å². The third-order valence-electron chi connectivity index (χ3n) is 3.64. The Balaban J connectivity index is 2.20. The topological polar surface area (TPSA) is 37.3 Å². The van der Waals surface area contributed by atoms with Gasteiger partial charge < -0.3 is 5.11 Å². The number of aliphatic hydroxyl groups is 1. The third-order valence-corrected chi connectivity index (χ3v) is 3.64. The molecule has 0 aliphatic heterocycles. The van der Waals surface area contributed by atoms with Gasteiger partial charge in [-0.05, 0) is 30.4 Å². The molecule has 1 saturated carbocycles. The molecule has 1 aliphatic rings. The quantitative estimate of drug-likeness (QED) is 0.870. The molecule has 0 bridgehead atoms. The van der Waals surface area contributed by atoms with Gasteiger partial charge in [-0.3, -0.25) is 4.79 Å². The molecule has 2 rings (SSSR count). The average molecular weight is 232 g/mol. The minimum atomic E-state index is -0.780. The molecule has 1 fully saturated rings. The van der Waals surface area contributed by atoms with E-state index in [9.17, 15) is 9.90 Å². The van der Waals surface area contributed by atoms with E-state index < -0.39 is 5.60 Å². The molecule has 1 N–H and O–H groups in total. The van der Waals surface area contributed by atoms with E-state index in [-0.39, 0.29) is 5.78 Å². The van der Waals surface area contributed by atoms with Crippen molar-refractivity contribution >= 4 is 5.78 Å². The summed E-state index contributed by atoms with van der Waals surface area (Å²) in [6, 6.07) is 8.19. The van der Waals surface area contributed by atoms with E-state index in [1.165, 1.54) is 5.56 Å². The van der Waals surface area contributed by atoms with Crippen LogP contribution in [0.4, 0.5) is 0 Å². The highest BCUT2D eigenvalue weighted by Gasteiger charge is 2.33. The fourth-order valence-electron chi connectivity index (χ4n) is 2.54. The van der Waals surface area contributed by atoms with Crippen molar-refractivity contribution < 1.29 is 9.90 Å². The first-order valence-electron chi connectivity index (χ1n) is 6.47. The van der Waals surface area contributed by atoms with E-state index in [4.69, 9.17) is 0 Å². The third kappa shape index (κ3) is 2.75. The summed E-state index contributed by atoms with van der Waals surface area (Å²) < 4.78 is 0. The molecule has 1 aromatic carbocycles. The van der Waals surface area contributed by atoms with Gasteiger partial charge in [0.25, 0.3) is 0 Å². The van der Waals surface area contributed by atoms with Crippen molar-refractivity contribution in [1.29, 1.82) is 0 Å². The summed E-state index contributed by atoms with van der Waals surface area (Å²) in [6.07, 6.45) is 4.31. The van der Waals surface area contributed by atoms with Crippen molar-refractivity contribution in [2.24, 2.45) is 0 Å². The number of carbonyl (C=O) groups is 1. The van der Waals surface area contributed by atoms with Gasteiger partial charge in [0.05, 0.1) is 5.60 Å². The number of hydrogen-bond acceptors (Lipinski definition) is 2. The van der Waals surface area contributed by atoms with Gasteiger partial charge in [-0.15, -0.1) is 0 Å². The lowest BCUT2D eigenvalue weighted by atomic mass is 9.79. The number of rotatable bonds is 3. The summed E-state index contributed by atoms with van der Waals surface area (Å²) in [5, 5.41) is 10.6. The molecule has 0 radical (unpaired) electrons. The predicted octanol–water partition coefficient (Wildman–Crippen LogP) is 2.97. The molecular formula is C15H20O2. The van der Waals surface area contributed by atoms with Crippen LogP contribution in [-0.4, -0.2) is 10.9 Å². The molecular weight excluding hydrogens is 212 g/mol. The molecule has 0 spiro atoms. The van der Waals surface area contributed by atoms with Gasteiger partial charge in [-0.25, -0.2) is 0 Å². The van der Waals surface area contributed by atoms with Crippen LogP contribution in [0.1, 0.15) is 50.2 Å². The van der Waals surface area contributed by atoms with Crippen LogP contribution < -0.4 is 0 Å². The predicted molar refractivity (Wildman–Crippen MR) is 67.8 cm³/mol. The molecule has 2 heteroatoms. The number of ketones is 1. The van der Waals surface area contributed by atoms with Crippen LogP contribution >= 0.6 is 0 Å². The van der Waals surface area contributed by atoms with Crippen LogP contribution in [0, 0.1) is 0 Å². The summed E-state index contributed by atoms with van der Waals surface area (Å²) in [5.41, 5.74) is 1.48. The van der Waals surface area contributed by atoms with Crippen molar-refractivity contribution in [3.8, 4) is 0 Å². The lowest BCUT2D eigenvalue weighted by Crippen LogP contribution is -2.31. The van der Waals surface area contributed by atoms with Crippen LogP contribution in [-0.2, 0) is 16.8 Å². The number of carbonyl (C=O) groups excluding carboxylic acids is 1. The molecule has 0 aromatic heterocycles. The monoisotopic (exact) mass is 232 g/mol. The second kappa shape index (κ2) is 5.01. The van der Waals surface area contributed by atoms with Crippen molar-refractivity contribution in [3.63, 3.8) is 0 Å². The first kappa shape index (κ1) is 12.3. The second-order valence-electron chi connectivity index (χ2n) is 5.02. The Bertz CT molecular complexity index is 399. The first-order chi connectivity index (χ1) is 8.14. The van der Waals surface area contributed by atoms with Crippen LogP contribution in [0.5, 0.6) is 0 Å². The maximum Gasteiger partial charge on any atom is 0.133 e. The van der Waals surface area contributed by atoms with Crippen LogP contribution in [0.25, 0.3) is 0 Å². The summed E-state index contributed by atoms with van der Waals surface area (Å²) in [5.74, 6) is 0.277. The smallest absolute Gasteiger partial charge is 0.133 e. The second-order valence-corrected chi connectivity index (χ2v) is 5.02. The van der Waals surface area contributed by atoms with Crippen LogP contribution in [0.2, 0.25) is 0 Å². The fourth-order valence-corrected chi connectivity index (χ4v) is 2.54. The lowest BCUT2D eigenvalue weighted by molar-refractivity contribution is -0.125. The Hall–Kier alpha value is -1.15. The van der Waals surface area contributed by atoms with Gasteiger partial charge in [-0.1, -0.05) is 37.6 Å². The maximum absolute atomic E-state index is 11.2. The highest BCUT2D eigenvalue weighted by Crippen LogP contribution is 2.35. The van der Waals surface area contributed by atoms with Crippen molar-refractivity contribution in [2.45, 2.75) is 51.0 Å². The highest BCUT2D eigenvalue weighted by atomic mass is 16.3. The summed E-state index contributed by atoms with van der Waals surface area (Å²) in [4.78, 5) is 11.2. The summed E-state index contributed by atoms with van der Waals surface area (Å²) >= 11 is 0. The molecule has 92 valence electrons. The molecule has 2 nitrogen and oxygen atoms in total. The number of benzene rings is 1. The van der Waals surface area contributed by atoms with Crippen molar-refractivity contribution in [3.05, 3.63) is 35.4 Å². The molecule has 0 saturated heterocycles. The molecule has 1 aliphatic carbocycles. The SMILES string of the molecule is CCCc1cccc(C2(O)CCC(=O)CC2)c1. The van der Waals surface area contributed by atoms with E-state index in [0.717, 1.165) is 18.4 Å². The molecule has 0 heterocycles. The molecule has 0 unspecified atom stereocenters. The zero-order valence-electron chi connectivity index (χ0n) is 10.4. The molecule has 0 atom stereocenters. The maximum atomic E-state index is 11.2. The summed E-state index contributed by atoms with van der Waals surface area (Å²) in [7, 11) is 0. The van der Waals surface area contributed by atoms with Gasteiger partial charge in [0.15, 0.2) is 0 Å². The number of aryl methyl sites for hydroxylation is 1. The Morgan fingerprint density at radius 1 is 1.29 bits per heavy atom. The van der Waals surface area contributed by atoms with E-state index in [1.807, 2.05) is 12.1 Å². The fraction of sp³-hybridized carbons (Fsp3) is 0.533. The first-order valence-corrected chi connectivity index (χ1v) is 6.47. The average Bonchev–Trinajstić information content (AvgIpc) is 2.34. The molecule has 0 amide bonds.